The zero-order valence-electron chi connectivity index (χ0n) is 11.3. The molecule has 2 N–H and O–H groups in total. The van der Waals surface area contributed by atoms with Crippen molar-refractivity contribution in [3.05, 3.63) is 36.5 Å². The summed E-state index contributed by atoms with van der Waals surface area (Å²) < 4.78 is 5.45. The van der Waals surface area contributed by atoms with Crippen molar-refractivity contribution >= 4 is 28.4 Å². The molecule has 2 aromatic heterocycles. The second-order valence-electron chi connectivity index (χ2n) is 4.36. The van der Waals surface area contributed by atoms with Crippen molar-refractivity contribution in [1.82, 2.24) is 15.0 Å². The van der Waals surface area contributed by atoms with Gasteiger partial charge in [-0.1, -0.05) is 0 Å². The number of aryl methyl sites for hydroxylation is 1. The predicted octanol–water partition coefficient (Wildman–Crippen LogP) is 3.10. The van der Waals surface area contributed by atoms with Crippen LogP contribution in [0.5, 0.6) is 0 Å². The van der Waals surface area contributed by atoms with Crippen LogP contribution in [0.1, 0.15) is 12.8 Å². The maximum atomic E-state index is 5.45. The lowest BCUT2D eigenvalue weighted by molar-refractivity contribution is 0.561. The Kier molecular flexibility index (Phi) is 3.20. The number of anilines is 3. The average Bonchev–Trinajstić information content (AvgIpc) is 2.79. The lowest BCUT2D eigenvalue weighted by Crippen LogP contribution is -2.01. The predicted molar refractivity (Wildman–Crippen MR) is 78.2 cm³/mol. The molecule has 0 unspecified atom stereocenters. The third-order valence-electron chi connectivity index (χ3n) is 2.79. The van der Waals surface area contributed by atoms with Gasteiger partial charge in [-0.05, 0) is 25.1 Å². The monoisotopic (exact) mass is 269 g/mol. The van der Waals surface area contributed by atoms with Gasteiger partial charge in [0.25, 0.3) is 0 Å². The fourth-order valence-electron chi connectivity index (χ4n) is 1.97. The maximum absolute atomic E-state index is 5.45. The van der Waals surface area contributed by atoms with Gasteiger partial charge in [0, 0.05) is 25.2 Å². The number of benzene rings is 1. The quantitative estimate of drug-likeness (QED) is 0.758. The van der Waals surface area contributed by atoms with Crippen LogP contribution in [0.4, 0.5) is 17.3 Å². The number of hydrogen-bond acceptors (Lipinski definition) is 6. The molecule has 0 aliphatic carbocycles. The SMILES string of the molecule is CCNc1cc(Nc2ccc3oc(C)nc3c2)ncn1. The summed E-state index contributed by atoms with van der Waals surface area (Å²) in [7, 11) is 0. The standard InChI is InChI=1S/C14H15N5O/c1-3-15-13-7-14(17-8-16-13)19-10-4-5-12-11(6-10)18-9(2)20-12/h4-8H,3H2,1-2H3,(H2,15,16,17,19). The van der Waals surface area contributed by atoms with Gasteiger partial charge in [0.1, 0.15) is 23.5 Å². The van der Waals surface area contributed by atoms with Crippen molar-refractivity contribution < 1.29 is 4.42 Å². The van der Waals surface area contributed by atoms with Gasteiger partial charge in [-0.2, -0.15) is 0 Å². The van der Waals surface area contributed by atoms with E-state index in [1.165, 1.54) is 6.33 Å². The minimum Gasteiger partial charge on any atom is -0.441 e. The molecule has 0 aliphatic heterocycles. The topological polar surface area (TPSA) is 75.9 Å². The second-order valence-corrected chi connectivity index (χ2v) is 4.36. The summed E-state index contributed by atoms with van der Waals surface area (Å²) in [4.78, 5) is 12.6. The summed E-state index contributed by atoms with van der Waals surface area (Å²) in [5.41, 5.74) is 2.52. The molecular formula is C14H15N5O. The van der Waals surface area contributed by atoms with Crippen molar-refractivity contribution in [2.24, 2.45) is 0 Å². The first kappa shape index (κ1) is 12.4. The third kappa shape index (κ3) is 2.54. The number of rotatable bonds is 4. The van der Waals surface area contributed by atoms with Gasteiger partial charge in [-0.25, -0.2) is 15.0 Å². The summed E-state index contributed by atoms with van der Waals surface area (Å²) in [5.74, 6) is 2.19. The molecule has 3 aromatic rings. The summed E-state index contributed by atoms with van der Waals surface area (Å²) in [6.07, 6.45) is 1.53. The van der Waals surface area contributed by atoms with Crippen molar-refractivity contribution in [3.8, 4) is 0 Å². The molecule has 3 rings (SSSR count). The molecule has 1 aromatic carbocycles. The number of nitrogens with zero attached hydrogens (tertiary/aromatic N) is 3. The van der Waals surface area contributed by atoms with E-state index in [1.807, 2.05) is 38.1 Å². The Morgan fingerprint density at radius 2 is 2.00 bits per heavy atom. The molecule has 0 atom stereocenters. The van der Waals surface area contributed by atoms with Crippen LogP contribution in [0.3, 0.4) is 0 Å². The summed E-state index contributed by atoms with van der Waals surface area (Å²) in [6.45, 7) is 4.68. The molecule has 6 heteroatoms. The van der Waals surface area contributed by atoms with Crippen LogP contribution in [0, 0.1) is 6.92 Å². The van der Waals surface area contributed by atoms with E-state index in [1.54, 1.807) is 0 Å². The number of aromatic nitrogens is 3. The lowest BCUT2D eigenvalue weighted by atomic mass is 10.3. The van der Waals surface area contributed by atoms with Gasteiger partial charge in [0.05, 0.1) is 0 Å². The molecule has 6 nitrogen and oxygen atoms in total. The first-order chi connectivity index (χ1) is 9.74. The van der Waals surface area contributed by atoms with Crippen LogP contribution in [-0.2, 0) is 0 Å². The van der Waals surface area contributed by atoms with E-state index in [2.05, 4.69) is 25.6 Å². The Morgan fingerprint density at radius 1 is 1.15 bits per heavy atom. The van der Waals surface area contributed by atoms with Crippen LogP contribution in [-0.4, -0.2) is 21.5 Å². The Morgan fingerprint density at radius 3 is 2.85 bits per heavy atom. The van der Waals surface area contributed by atoms with E-state index in [9.17, 15) is 0 Å². The number of oxazole rings is 1. The molecule has 0 fully saturated rings. The molecule has 0 saturated carbocycles. The van der Waals surface area contributed by atoms with Gasteiger partial charge in [0.15, 0.2) is 11.5 Å². The molecule has 0 aliphatic rings. The van der Waals surface area contributed by atoms with Crippen LogP contribution in [0.15, 0.2) is 35.0 Å². The van der Waals surface area contributed by atoms with E-state index in [0.717, 1.165) is 35.0 Å². The lowest BCUT2D eigenvalue weighted by Gasteiger charge is -2.07. The molecule has 2 heterocycles. The third-order valence-corrected chi connectivity index (χ3v) is 2.79. The maximum Gasteiger partial charge on any atom is 0.192 e. The van der Waals surface area contributed by atoms with Crippen LogP contribution in [0.25, 0.3) is 11.1 Å². The first-order valence-electron chi connectivity index (χ1n) is 6.45. The highest BCUT2D eigenvalue weighted by Gasteiger charge is 2.04. The minimum absolute atomic E-state index is 0.661. The van der Waals surface area contributed by atoms with Gasteiger partial charge in [-0.3, -0.25) is 0 Å². The van der Waals surface area contributed by atoms with Crippen LogP contribution < -0.4 is 10.6 Å². The van der Waals surface area contributed by atoms with Crippen molar-refractivity contribution in [1.29, 1.82) is 0 Å². The number of nitrogens with one attached hydrogen (secondary N) is 2. The summed E-state index contributed by atoms with van der Waals surface area (Å²) >= 11 is 0. The highest BCUT2D eigenvalue weighted by atomic mass is 16.3. The zero-order valence-corrected chi connectivity index (χ0v) is 11.3. The average molecular weight is 269 g/mol. The molecular weight excluding hydrogens is 254 g/mol. The Bertz CT molecular complexity index is 737. The van der Waals surface area contributed by atoms with Gasteiger partial charge >= 0.3 is 0 Å². The second kappa shape index (κ2) is 5.16. The van der Waals surface area contributed by atoms with Crippen LogP contribution in [0.2, 0.25) is 0 Å². The van der Waals surface area contributed by atoms with E-state index in [4.69, 9.17) is 4.42 Å². The number of fused-ring (bicyclic) bond motifs is 1. The fourth-order valence-corrected chi connectivity index (χ4v) is 1.97. The van der Waals surface area contributed by atoms with E-state index in [-0.39, 0.29) is 0 Å². The Labute approximate surface area is 116 Å². The molecule has 0 spiro atoms. The largest absolute Gasteiger partial charge is 0.441 e. The first-order valence-corrected chi connectivity index (χ1v) is 6.45. The molecule has 0 saturated heterocycles. The van der Waals surface area contributed by atoms with Gasteiger partial charge < -0.3 is 15.1 Å². The van der Waals surface area contributed by atoms with E-state index < -0.39 is 0 Å². The van der Waals surface area contributed by atoms with Crippen molar-refractivity contribution in [3.63, 3.8) is 0 Å². The number of hydrogen-bond donors (Lipinski definition) is 2. The van der Waals surface area contributed by atoms with Crippen LogP contribution >= 0.6 is 0 Å². The Hall–Kier alpha value is -2.63. The molecule has 0 bridgehead atoms. The molecule has 20 heavy (non-hydrogen) atoms. The zero-order chi connectivity index (χ0) is 13.9. The van der Waals surface area contributed by atoms with E-state index >= 15 is 0 Å². The normalized spacial score (nSPS) is 10.7. The Balaban J connectivity index is 1.86. The molecule has 0 amide bonds. The minimum atomic E-state index is 0.661. The fraction of sp³-hybridized carbons (Fsp3) is 0.214. The highest BCUT2D eigenvalue weighted by molar-refractivity contribution is 5.78. The van der Waals surface area contributed by atoms with Gasteiger partial charge in [-0.15, -0.1) is 0 Å². The molecule has 0 radical (unpaired) electrons. The van der Waals surface area contributed by atoms with Gasteiger partial charge in [0.2, 0.25) is 0 Å². The summed E-state index contributed by atoms with van der Waals surface area (Å²) in [6, 6.07) is 7.62. The van der Waals surface area contributed by atoms with Crippen molar-refractivity contribution in [2.45, 2.75) is 13.8 Å². The van der Waals surface area contributed by atoms with Crippen molar-refractivity contribution in [2.75, 3.05) is 17.2 Å². The van der Waals surface area contributed by atoms with E-state index in [0.29, 0.717) is 5.89 Å². The molecule has 102 valence electrons. The summed E-state index contributed by atoms with van der Waals surface area (Å²) in [5, 5.41) is 6.38. The smallest absolute Gasteiger partial charge is 0.192 e. The highest BCUT2D eigenvalue weighted by Crippen LogP contribution is 2.22.